The Labute approximate surface area is 119 Å². The predicted molar refractivity (Wildman–Crippen MR) is 70.7 cm³/mol. The number of hydrogen-bond donors (Lipinski definition) is 0. The van der Waals surface area contributed by atoms with Crippen LogP contribution >= 0.6 is 67.8 Å². The normalized spacial score (nSPS) is 14.1. The van der Waals surface area contributed by atoms with Crippen LogP contribution in [0.4, 0.5) is 13.2 Å². The molecule has 0 unspecified atom stereocenters. The van der Waals surface area contributed by atoms with Gasteiger partial charge in [-0.05, 0) is 74.7 Å². The highest BCUT2D eigenvalue weighted by Crippen LogP contribution is 2.37. The summed E-state index contributed by atoms with van der Waals surface area (Å²) in [5.41, 5.74) is -0.976. The Morgan fingerprint density at radius 2 is 1.71 bits per heavy atom. The van der Waals surface area contributed by atoms with Crippen LogP contribution in [0.1, 0.15) is 6.92 Å². The molecule has 0 fully saturated rings. The molecule has 2 nitrogen and oxygen atoms in total. The molecule has 0 aliphatic carbocycles. The summed E-state index contributed by atoms with van der Waals surface area (Å²) in [7, 11) is 0. The molecule has 0 radical (unpaired) electrons. The Kier molecular flexibility index (Phi) is 5.97. The second-order valence-corrected chi connectivity index (χ2v) is 12.9. The summed E-state index contributed by atoms with van der Waals surface area (Å²) in [5, 5.41) is 0. The first-order valence-electron chi connectivity index (χ1n) is 3.07. The lowest BCUT2D eigenvalue weighted by atomic mass is 10.3. The molecular formula is C6H4F3I3O2. The van der Waals surface area contributed by atoms with E-state index in [2.05, 4.69) is 4.74 Å². The molecule has 82 valence electrons. The van der Waals surface area contributed by atoms with Crippen molar-refractivity contribution in [2.24, 2.45) is 0 Å². The zero-order valence-electron chi connectivity index (χ0n) is 6.66. The maximum Gasteiger partial charge on any atom is 0.412 e. The van der Waals surface area contributed by atoms with E-state index in [0.717, 1.165) is 6.92 Å². The molecule has 0 bridgehead atoms. The van der Waals surface area contributed by atoms with Gasteiger partial charge in [0, 0.05) is 11.6 Å². The van der Waals surface area contributed by atoms with Crippen molar-refractivity contribution in [2.75, 3.05) is 0 Å². The molecule has 0 aliphatic heterocycles. The predicted octanol–water partition coefficient (Wildman–Crippen LogP) is 3.95. The number of carbonyl (C=O) groups is 1. The summed E-state index contributed by atoms with van der Waals surface area (Å²) in [4.78, 5) is 10.9. The van der Waals surface area contributed by atoms with Crippen LogP contribution in [0.2, 0.25) is 0 Å². The monoisotopic (exact) mass is 546 g/mol. The Morgan fingerprint density at radius 1 is 1.29 bits per heavy atom. The van der Waals surface area contributed by atoms with E-state index >= 15 is 0 Å². The van der Waals surface area contributed by atoms with Gasteiger partial charge in [0.05, 0.1) is 0 Å². The number of ether oxygens (including phenoxy) is 1. The van der Waals surface area contributed by atoms with Crippen LogP contribution in [0.25, 0.3) is 0 Å². The zero-order chi connectivity index (χ0) is 11.6. The minimum Gasteiger partial charge on any atom is -0.426 e. The molecule has 0 aromatic rings. The van der Waals surface area contributed by atoms with Crippen molar-refractivity contribution in [3.05, 3.63) is 11.6 Å². The average molecular weight is 546 g/mol. The number of rotatable bonds is 2. The van der Waals surface area contributed by atoms with Gasteiger partial charge >= 0.3 is 12.1 Å². The second kappa shape index (κ2) is 5.50. The highest BCUT2D eigenvalue weighted by Gasteiger charge is 2.31. The minimum absolute atomic E-state index is 0.435. The fourth-order valence-corrected chi connectivity index (χ4v) is 1.05. The van der Waals surface area contributed by atoms with Gasteiger partial charge in [0.1, 0.15) is 0 Å². The van der Waals surface area contributed by atoms with Crippen LogP contribution in [0.15, 0.2) is 11.6 Å². The summed E-state index contributed by atoms with van der Waals surface area (Å²) < 4.78 is 39.7. The van der Waals surface area contributed by atoms with Crippen LogP contribution in [0, 0.1) is 0 Å². The smallest absolute Gasteiger partial charge is 0.412 e. The minimum atomic E-state index is -4.48. The third-order valence-electron chi connectivity index (χ3n) is 0.998. The third kappa shape index (κ3) is 7.48. The van der Waals surface area contributed by atoms with Gasteiger partial charge in [-0.15, -0.1) is 0 Å². The molecule has 0 heterocycles. The van der Waals surface area contributed by atoms with Gasteiger partial charge in [0.15, 0.2) is 0 Å². The van der Waals surface area contributed by atoms with E-state index in [-0.39, 0.29) is 0 Å². The first kappa shape index (κ1) is 15.2. The summed E-state index contributed by atoms with van der Waals surface area (Å²) in [6.07, 6.45) is -4.05. The van der Waals surface area contributed by atoms with E-state index in [0.29, 0.717) is 6.08 Å². The number of hydrogen-bond acceptors (Lipinski definition) is 2. The third-order valence-corrected chi connectivity index (χ3v) is 1.66. The fourth-order valence-electron chi connectivity index (χ4n) is 0.402. The largest absolute Gasteiger partial charge is 0.426 e. The Balaban J connectivity index is 4.46. The summed E-state index contributed by atoms with van der Waals surface area (Å²) in [6.45, 7) is 0.816. The van der Waals surface area contributed by atoms with E-state index in [4.69, 9.17) is 0 Å². The standard InChI is InChI=1S/C6H4F3I3O2/c1-3(5(7,8)9)2-4(13)14-6(10,11)12/h2H,1H3/b3-2-. The molecule has 14 heavy (non-hydrogen) atoms. The van der Waals surface area contributed by atoms with Crippen molar-refractivity contribution in [2.45, 2.75) is 12.7 Å². The van der Waals surface area contributed by atoms with Gasteiger partial charge in [-0.25, -0.2) is 4.79 Å². The number of allylic oxidation sites excluding steroid dienone is 1. The van der Waals surface area contributed by atoms with E-state index in [1.165, 1.54) is 0 Å². The highest BCUT2D eigenvalue weighted by molar-refractivity contribution is 14.3. The molecule has 8 heteroatoms. The van der Waals surface area contributed by atoms with Crippen molar-refractivity contribution in [3.8, 4) is 0 Å². The van der Waals surface area contributed by atoms with Crippen LogP contribution < -0.4 is 0 Å². The van der Waals surface area contributed by atoms with E-state index in [9.17, 15) is 18.0 Å². The van der Waals surface area contributed by atoms with Crippen molar-refractivity contribution in [3.63, 3.8) is 0 Å². The zero-order valence-corrected chi connectivity index (χ0v) is 13.1. The van der Waals surface area contributed by atoms with Crippen molar-refractivity contribution in [1.82, 2.24) is 0 Å². The van der Waals surface area contributed by atoms with Gasteiger partial charge in [0.25, 0.3) is -0.379 Å². The van der Waals surface area contributed by atoms with Crippen LogP contribution in [0.5, 0.6) is 0 Å². The molecular weight excluding hydrogens is 542 g/mol. The van der Waals surface area contributed by atoms with Crippen LogP contribution in [-0.2, 0) is 9.53 Å². The molecule has 0 amide bonds. The van der Waals surface area contributed by atoms with Gasteiger partial charge < -0.3 is 4.74 Å². The lowest BCUT2D eigenvalue weighted by Gasteiger charge is -2.12. The van der Waals surface area contributed by atoms with Gasteiger partial charge in [-0.3, -0.25) is 0 Å². The molecule has 0 saturated heterocycles. The molecule has 0 spiro atoms. The summed E-state index contributed by atoms with van der Waals surface area (Å²) >= 11 is 5.34. The van der Waals surface area contributed by atoms with E-state index in [1.807, 2.05) is 0 Å². The maximum atomic E-state index is 12.0. The molecule has 0 aromatic heterocycles. The molecule has 0 saturated carbocycles. The quantitative estimate of drug-likeness (QED) is 0.227. The Bertz CT molecular complexity index is 254. The molecule has 0 rings (SSSR count). The summed E-state index contributed by atoms with van der Waals surface area (Å²) in [5.74, 6) is -1.00. The molecule has 0 aliphatic rings. The highest BCUT2D eigenvalue weighted by atomic mass is 127. The lowest BCUT2D eigenvalue weighted by molar-refractivity contribution is -0.137. The maximum absolute atomic E-state index is 12.0. The van der Waals surface area contributed by atoms with Gasteiger partial charge in [0.2, 0.25) is 0 Å². The van der Waals surface area contributed by atoms with Crippen molar-refractivity contribution >= 4 is 73.7 Å². The Morgan fingerprint density at radius 3 is 2.00 bits per heavy atom. The van der Waals surface area contributed by atoms with E-state index in [1.54, 1.807) is 67.8 Å². The lowest BCUT2D eigenvalue weighted by Crippen LogP contribution is -2.15. The first-order chi connectivity index (χ1) is 6.02. The topological polar surface area (TPSA) is 26.3 Å². The van der Waals surface area contributed by atoms with Crippen LogP contribution in [0.3, 0.4) is 0 Å². The SMILES string of the molecule is C/C(=C/C(=O)OC(I)(I)I)C(F)(F)F. The molecule has 0 atom stereocenters. The van der Waals surface area contributed by atoms with Crippen molar-refractivity contribution < 1.29 is 22.7 Å². The molecule has 0 aromatic carbocycles. The Hall–Kier alpha value is 1.19. The van der Waals surface area contributed by atoms with Crippen LogP contribution in [-0.4, -0.2) is 11.8 Å². The number of carbonyl (C=O) groups excluding carboxylic acids is 1. The van der Waals surface area contributed by atoms with Crippen molar-refractivity contribution in [1.29, 1.82) is 0 Å². The van der Waals surface area contributed by atoms with Gasteiger partial charge in [-0.1, -0.05) is 0 Å². The second-order valence-electron chi connectivity index (χ2n) is 2.19. The molecule has 0 N–H and O–H groups in total. The fraction of sp³-hybridized carbons (Fsp3) is 0.500. The first-order valence-corrected chi connectivity index (χ1v) is 6.31. The summed E-state index contributed by atoms with van der Waals surface area (Å²) in [6, 6.07) is 0. The van der Waals surface area contributed by atoms with Gasteiger partial charge in [-0.2, -0.15) is 13.2 Å². The number of esters is 1. The number of halogens is 6. The van der Waals surface area contributed by atoms with E-state index < -0.39 is 17.3 Å². The average Bonchev–Trinajstić information content (AvgIpc) is 1.79. The number of alkyl halides is 6.